The molecule has 0 spiro atoms. The monoisotopic (exact) mass is 293 g/mol. The summed E-state index contributed by atoms with van der Waals surface area (Å²) in [6.07, 6.45) is 3.65. The van der Waals surface area contributed by atoms with Crippen molar-refractivity contribution in [3.63, 3.8) is 0 Å². The van der Waals surface area contributed by atoms with Crippen molar-refractivity contribution >= 4 is 16.6 Å². The van der Waals surface area contributed by atoms with Gasteiger partial charge in [0.25, 0.3) is 0 Å². The maximum absolute atomic E-state index is 5.60. The molecule has 0 saturated carbocycles. The van der Waals surface area contributed by atoms with Crippen LogP contribution in [0.1, 0.15) is 18.2 Å². The molecular formula is C18H19N3O. The van der Waals surface area contributed by atoms with Crippen molar-refractivity contribution in [2.45, 2.75) is 20.4 Å². The van der Waals surface area contributed by atoms with Crippen LogP contribution in [0.4, 0.5) is 5.69 Å². The van der Waals surface area contributed by atoms with E-state index in [2.05, 4.69) is 27.4 Å². The van der Waals surface area contributed by atoms with Crippen LogP contribution in [0.15, 0.2) is 48.8 Å². The van der Waals surface area contributed by atoms with E-state index in [1.54, 1.807) is 6.20 Å². The molecule has 0 saturated heterocycles. The third kappa shape index (κ3) is 3.17. The zero-order chi connectivity index (χ0) is 15.4. The van der Waals surface area contributed by atoms with E-state index >= 15 is 0 Å². The molecule has 0 fully saturated rings. The average molecular weight is 293 g/mol. The third-order valence-electron chi connectivity index (χ3n) is 3.42. The van der Waals surface area contributed by atoms with Gasteiger partial charge in [-0.3, -0.25) is 9.97 Å². The molecule has 0 amide bonds. The number of aryl methyl sites for hydroxylation is 1. The first kappa shape index (κ1) is 14.3. The van der Waals surface area contributed by atoms with Crippen LogP contribution in [0.3, 0.4) is 0 Å². The summed E-state index contributed by atoms with van der Waals surface area (Å²) in [7, 11) is 0. The zero-order valence-electron chi connectivity index (χ0n) is 12.8. The van der Waals surface area contributed by atoms with Crippen LogP contribution in [0.2, 0.25) is 0 Å². The molecule has 0 aliphatic heterocycles. The van der Waals surface area contributed by atoms with Crippen molar-refractivity contribution in [3.8, 4) is 5.75 Å². The predicted molar refractivity (Wildman–Crippen MR) is 89.2 cm³/mol. The van der Waals surface area contributed by atoms with Gasteiger partial charge in [0, 0.05) is 35.7 Å². The van der Waals surface area contributed by atoms with Gasteiger partial charge in [-0.15, -0.1) is 0 Å². The fourth-order valence-corrected chi connectivity index (χ4v) is 2.44. The molecule has 112 valence electrons. The number of nitrogens with zero attached hydrogens (tertiary/aromatic N) is 2. The number of ether oxygens (including phenoxy) is 1. The fourth-order valence-electron chi connectivity index (χ4n) is 2.44. The second kappa shape index (κ2) is 6.43. The van der Waals surface area contributed by atoms with E-state index in [1.165, 1.54) is 0 Å². The van der Waals surface area contributed by atoms with Crippen molar-refractivity contribution in [2.75, 3.05) is 11.9 Å². The number of hydrogen-bond acceptors (Lipinski definition) is 4. The highest BCUT2D eigenvalue weighted by molar-refractivity contribution is 5.92. The Bertz CT molecular complexity index is 772. The van der Waals surface area contributed by atoms with Gasteiger partial charge in [0.2, 0.25) is 0 Å². The van der Waals surface area contributed by atoms with Crippen molar-refractivity contribution in [3.05, 3.63) is 60.0 Å². The maximum atomic E-state index is 5.60. The molecule has 0 bridgehead atoms. The number of pyridine rings is 2. The second-order valence-electron chi connectivity index (χ2n) is 5.14. The number of benzene rings is 1. The molecule has 0 aliphatic carbocycles. The smallest absolute Gasteiger partial charge is 0.120 e. The summed E-state index contributed by atoms with van der Waals surface area (Å²) in [6, 6.07) is 12.1. The number of anilines is 1. The summed E-state index contributed by atoms with van der Waals surface area (Å²) >= 11 is 0. The third-order valence-corrected chi connectivity index (χ3v) is 3.42. The molecule has 2 heterocycles. The molecule has 0 unspecified atom stereocenters. The quantitative estimate of drug-likeness (QED) is 0.773. The van der Waals surface area contributed by atoms with Crippen molar-refractivity contribution < 1.29 is 4.74 Å². The highest BCUT2D eigenvalue weighted by Gasteiger charge is 2.06. The Labute approximate surface area is 130 Å². The van der Waals surface area contributed by atoms with E-state index in [0.29, 0.717) is 6.61 Å². The molecule has 4 heteroatoms. The molecule has 3 rings (SSSR count). The summed E-state index contributed by atoms with van der Waals surface area (Å²) in [5.41, 5.74) is 4.17. The van der Waals surface area contributed by atoms with Gasteiger partial charge in [-0.05, 0) is 49.7 Å². The zero-order valence-corrected chi connectivity index (χ0v) is 12.8. The van der Waals surface area contributed by atoms with Gasteiger partial charge in [0.1, 0.15) is 5.75 Å². The number of nitrogens with one attached hydrogen (secondary N) is 1. The minimum absolute atomic E-state index is 0.656. The van der Waals surface area contributed by atoms with Crippen LogP contribution in [-0.2, 0) is 6.54 Å². The van der Waals surface area contributed by atoms with Crippen LogP contribution in [-0.4, -0.2) is 16.6 Å². The highest BCUT2D eigenvalue weighted by atomic mass is 16.5. The van der Waals surface area contributed by atoms with Crippen LogP contribution >= 0.6 is 0 Å². The Hall–Kier alpha value is -2.62. The number of fused-ring (bicyclic) bond motifs is 1. The Balaban J connectivity index is 1.94. The standard InChI is InChI=1S/C18H19N3O/c1-3-22-15-6-7-17-16(10-15)18(9-13(2)21-17)20-12-14-5-4-8-19-11-14/h4-11H,3,12H2,1-2H3,(H,20,21). The Morgan fingerprint density at radius 3 is 2.86 bits per heavy atom. The topological polar surface area (TPSA) is 47.0 Å². The molecule has 1 N–H and O–H groups in total. The van der Waals surface area contributed by atoms with Crippen LogP contribution in [0, 0.1) is 6.92 Å². The lowest BCUT2D eigenvalue weighted by molar-refractivity contribution is 0.340. The Kier molecular flexibility index (Phi) is 4.19. The molecule has 0 aliphatic rings. The molecule has 2 aromatic heterocycles. The van der Waals surface area contributed by atoms with E-state index < -0.39 is 0 Å². The fraction of sp³-hybridized carbons (Fsp3) is 0.222. The lowest BCUT2D eigenvalue weighted by atomic mass is 10.1. The van der Waals surface area contributed by atoms with Crippen LogP contribution < -0.4 is 10.1 Å². The normalized spacial score (nSPS) is 10.6. The molecule has 4 nitrogen and oxygen atoms in total. The van der Waals surface area contributed by atoms with E-state index in [4.69, 9.17) is 4.74 Å². The molecule has 22 heavy (non-hydrogen) atoms. The van der Waals surface area contributed by atoms with E-state index in [1.807, 2.05) is 44.3 Å². The van der Waals surface area contributed by atoms with Crippen molar-refractivity contribution in [1.82, 2.24) is 9.97 Å². The summed E-state index contributed by atoms with van der Waals surface area (Å²) in [5.74, 6) is 0.866. The molecule has 0 radical (unpaired) electrons. The van der Waals surface area contributed by atoms with Gasteiger partial charge in [0.05, 0.1) is 12.1 Å². The molecular weight excluding hydrogens is 274 g/mol. The average Bonchev–Trinajstić information content (AvgIpc) is 2.54. The number of hydrogen-bond donors (Lipinski definition) is 1. The van der Waals surface area contributed by atoms with Crippen LogP contribution in [0.25, 0.3) is 10.9 Å². The molecule has 1 aromatic carbocycles. The van der Waals surface area contributed by atoms with Gasteiger partial charge in [-0.1, -0.05) is 6.07 Å². The van der Waals surface area contributed by atoms with Crippen molar-refractivity contribution in [2.24, 2.45) is 0 Å². The lowest BCUT2D eigenvalue weighted by Crippen LogP contribution is -2.02. The summed E-state index contributed by atoms with van der Waals surface area (Å²) in [4.78, 5) is 8.73. The first-order valence-electron chi connectivity index (χ1n) is 7.43. The van der Waals surface area contributed by atoms with Gasteiger partial charge in [0.15, 0.2) is 0 Å². The Morgan fingerprint density at radius 1 is 1.18 bits per heavy atom. The predicted octanol–water partition coefficient (Wildman–Crippen LogP) is 3.95. The van der Waals surface area contributed by atoms with Gasteiger partial charge in [-0.25, -0.2) is 0 Å². The Morgan fingerprint density at radius 2 is 2.09 bits per heavy atom. The molecule has 3 aromatic rings. The van der Waals surface area contributed by atoms with Gasteiger partial charge < -0.3 is 10.1 Å². The number of rotatable bonds is 5. The lowest BCUT2D eigenvalue weighted by Gasteiger charge is -2.12. The van der Waals surface area contributed by atoms with Crippen LogP contribution in [0.5, 0.6) is 5.75 Å². The first-order chi connectivity index (χ1) is 10.8. The highest BCUT2D eigenvalue weighted by Crippen LogP contribution is 2.27. The molecule has 0 atom stereocenters. The summed E-state index contributed by atoms with van der Waals surface area (Å²) < 4.78 is 5.60. The summed E-state index contributed by atoms with van der Waals surface area (Å²) in [6.45, 7) is 5.37. The largest absolute Gasteiger partial charge is 0.494 e. The SMILES string of the molecule is CCOc1ccc2nc(C)cc(NCc3cccnc3)c2c1. The number of aromatic nitrogens is 2. The minimum atomic E-state index is 0.656. The van der Waals surface area contributed by atoms with E-state index in [0.717, 1.165) is 40.1 Å². The van der Waals surface area contributed by atoms with Gasteiger partial charge in [-0.2, -0.15) is 0 Å². The van der Waals surface area contributed by atoms with Gasteiger partial charge >= 0.3 is 0 Å². The maximum Gasteiger partial charge on any atom is 0.120 e. The van der Waals surface area contributed by atoms with Crippen molar-refractivity contribution in [1.29, 1.82) is 0 Å². The minimum Gasteiger partial charge on any atom is -0.494 e. The summed E-state index contributed by atoms with van der Waals surface area (Å²) in [5, 5.41) is 4.55. The van der Waals surface area contributed by atoms with E-state index in [-0.39, 0.29) is 0 Å². The second-order valence-corrected chi connectivity index (χ2v) is 5.14. The first-order valence-corrected chi connectivity index (χ1v) is 7.43. The van der Waals surface area contributed by atoms with E-state index in [9.17, 15) is 0 Å².